The van der Waals surface area contributed by atoms with Gasteiger partial charge in [-0.2, -0.15) is 0 Å². The van der Waals surface area contributed by atoms with Gasteiger partial charge in [0.2, 0.25) is 0 Å². The number of aromatic nitrogens is 2. The molecular formula is C17H23N3O2. The van der Waals surface area contributed by atoms with Crippen molar-refractivity contribution in [3.63, 3.8) is 0 Å². The Hall–Kier alpha value is -1.85. The minimum Gasteiger partial charge on any atom is -0.490 e. The summed E-state index contributed by atoms with van der Waals surface area (Å²) in [6.07, 6.45) is 2.44. The molecule has 0 aliphatic carbocycles. The number of likely N-dealkylation sites (tertiary alicyclic amines) is 1. The van der Waals surface area contributed by atoms with Gasteiger partial charge in [-0.25, -0.2) is 4.98 Å². The lowest BCUT2D eigenvalue weighted by atomic mass is 10.1. The van der Waals surface area contributed by atoms with Crippen molar-refractivity contribution in [1.29, 1.82) is 0 Å². The highest BCUT2D eigenvalue weighted by molar-refractivity contribution is 5.31. The summed E-state index contributed by atoms with van der Waals surface area (Å²) in [7, 11) is 0. The molecule has 1 fully saturated rings. The van der Waals surface area contributed by atoms with Crippen molar-refractivity contribution < 1.29 is 9.84 Å². The van der Waals surface area contributed by atoms with Gasteiger partial charge in [-0.05, 0) is 31.9 Å². The van der Waals surface area contributed by atoms with Gasteiger partial charge in [-0.1, -0.05) is 18.2 Å². The second-order valence-electron chi connectivity index (χ2n) is 6.21. The number of hydrogen-bond acceptors (Lipinski definition) is 4. The van der Waals surface area contributed by atoms with E-state index in [1.54, 1.807) is 6.33 Å². The fourth-order valence-corrected chi connectivity index (χ4v) is 2.88. The molecule has 1 aromatic carbocycles. The van der Waals surface area contributed by atoms with E-state index in [0.29, 0.717) is 13.2 Å². The monoisotopic (exact) mass is 301 g/mol. The lowest BCUT2D eigenvalue weighted by Gasteiger charge is -2.24. The topological polar surface area (TPSA) is 61.4 Å². The van der Waals surface area contributed by atoms with E-state index in [4.69, 9.17) is 4.74 Å². The van der Waals surface area contributed by atoms with Crippen molar-refractivity contribution in [1.82, 2.24) is 14.9 Å². The molecule has 1 saturated heterocycles. The molecule has 1 aliphatic heterocycles. The third-order valence-electron chi connectivity index (χ3n) is 4.31. The number of aliphatic hydroxyl groups is 1. The van der Waals surface area contributed by atoms with Gasteiger partial charge in [-0.15, -0.1) is 0 Å². The van der Waals surface area contributed by atoms with Crippen LogP contribution in [0.4, 0.5) is 0 Å². The number of benzene rings is 1. The van der Waals surface area contributed by atoms with Gasteiger partial charge in [0.25, 0.3) is 0 Å². The highest BCUT2D eigenvalue weighted by Crippen LogP contribution is 2.25. The number of nitrogens with one attached hydrogen (secondary N) is 1. The fourth-order valence-electron chi connectivity index (χ4n) is 2.88. The first-order valence-electron chi connectivity index (χ1n) is 7.68. The Kier molecular flexibility index (Phi) is 4.18. The molecule has 3 rings (SSSR count). The third-order valence-corrected chi connectivity index (χ3v) is 4.31. The van der Waals surface area contributed by atoms with E-state index in [2.05, 4.69) is 14.9 Å². The molecular weight excluding hydrogens is 278 g/mol. The van der Waals surface area contributed by atoms with Crippen LogP contribution in [0.15, 0.2) is 30.6 Å². The van der Waals surface area contributed by atoms with Gasteiger partial charge in [-0.3, -0.25) is 4.90 Å². The molecule has 1 aromatic heterocycles. The highest BCUT2D eigenvalue weighted by atomic mass is 16.5. The maximum atomic E-state index is 10.7. The van der Waals surface area contributed by atoms with E-state index in [-0.39, 0.29) is 0 Å². The molecule has 0 unspecified atom stereocenters. The number of imidazole rings is 1. The fraction of sp³-hybridized carbons (Fsp3) is 0.471. The first-order valence-corrected chi connectivity index (χ1v) is 7.68. The summed E-state index contributed by atoms with van der Waals surface area (Å²) in [5.41, 5.74) is 2.44. The molecule has 0 bridgehead atoms. The Morgan fingerprint density at radius 3 is 2.91 bits per heavy atom. The van der Waals surface area contributed by atoms with Crippen LogP contribution in [0.1, 0.15) is 23.4 Å². The standard InChI is InChI=1S/C17H23N3O2/c1-13-5-3-4-6-16(13)22-11-17(21)7-8-20(10-17)9-15-14(2)18-12-19-15/h3-6,12,21H,7-11H2,1-2H3,(H,18,19)/t17-/m1/s1. The predicted molar refractivity (Wildman–Crippen MR) is 84.8 cm³/mol. The lowest BCUT2D eigenvalue weighted by molar-refractivity contribution is 0.00311. The maximum absolute atomic E-state index is 10.7. The van der Waals surface area contributed by atoms with E-state index in [1.165, 1.54) is 0 Å². The number of ether oxygens (including phenoxy) is 1. The van der Waals surface area contributed by atoms with E-state index in [9.17, 15) is 5.11 Å². The summed E-state index contributed by atoms with van der Waals surface area (Å²) in [4.78, 5) is 9.64. The molecule has 118 valence electrons. The van der Waals surface area contributed by atoms with Crippen molar-refractivity contribution in [2.75, 3.05) is 19.7 Å². The quantitative estimate of drug-likeness (QED) is 0.887. The van der Waals surface area contributed by atoms with Crippen LogP contribution in [0, 0.1) is 13.8 Å². The summed E-state index contributed by atoms with van der Waals surface area (Å²) in [5, 5.41) is 10.7. The molecule has 22 heavy (non-hydrogen) atoms. The molecule has 1 aliphatic rings. The third kappa shape index (κ3) is 3.31. The summed E-state index contributed by atoms with van der Waals surface area (Å²) in [6.45, 7) is 6.60. The number of rotatable bonds is 5. The van der Waals surface area contributed by atoms with Gasteiger partial charge >= 0.3 is 0 Å². The smallest absolute Gasteiger partial charge is 0.122 e. The Labute approximate surface area is 130 Å². The molecule has 5 heteroatoms. The van der Waals surface area contributed by atoms with Crippen molar-refractivity contribution in [3.05, 3.63) is 47.5 Å². The minimum absolute atomic E-state index is 0.327. The lowest BCUT2D eigenvalue weighted by Crippen LogP contribution is -2.39. The van der Waals surface area contributed by atoms with Crippen LogP contribution in [0.25, 0.3) is 0 Å². The SMILES string of the molecule is Cc1ccccc1OC[C@@]1(O)CCN(Cc2nc[nH]c2C)C1. The Balaban J connectivity index is 1.56. The van der Waals surface area contributed by atoms with Crippen LogP contribution < -0.4 is 4.74 Å². The number of β-amino-alcohol motifs (C(OH)–C–C–N with tert-alkyl or cyclic N) is 1. The molecule has 0 amide bonds. The van der Waals surface area contributed by atoms with Crippen molar-refractivity contribution in [2.45, 2.75) is 32.4 Å². The zero-order chi connectivity index (χ0) is 15.6. The number of aryl methyl sites for hydroxylation is 2. The van der Waals surface area contributed by atoms with Crippen LogP contribution >= 0.6 is 0 Å². The second-order valence-corrected chi connectivity index (χ2v) is 6.21. The van der Waals surface area contributed by atoms with Gasteiger partial charge in [0.05, 0.1) is 12.0 Å². The molecule has 2 aromatic rings. The van der Waals surface area contributed by atoms with E-state index in [1.807, 2.05) is 38.1 Å². The minimum atomic E-state index is -0.785. The first-order chi connectivity index (χ1) is 10.6. The molecule has 0 spiro atoms. The molecule has 2 N–H and O–H groups in total. The molecule has 5 nitrogen and oxygen atoms in total. The van der Waals surface area contributed by atoms with Crippen LogP contribution in [0.3, 0.4) is 0 Å². The first kappa shape index (κ1) is 15.1. The second kappa shape index (κ2) is 6.10. The Bertz CT molecular complexity index is 640. The van der Waals surface area contributed by atoms with E-state index >= 15 is 0 Å². The van der Waals surface area contributed by atoms with Gasteiger partial charge in [0.15, 0.2) is 0 Å². The van der Waals surface area contributed by atoms with Gasteiger partial charge in [0, 0.05) is 25.3 Å². The van der Waals surface area contributed by atoms with Gasteiger partial charge < -0.3 is 14.8 Å². The Morgan fingerprint density at radius 1 is 1.36 bits per heavy atom. The normalized spacial score (nSPS) is 22.1. The van der Waals surface area contributed by atoms with Crippen LogP contribution in [-0.2, 0) is 6.54 Å². The molecule has 0 saturated carbocycles. The number of aromatic amines is 1. The number of para-hydroxylation sites is 1. The predicted octanol–water partition coefficient (Wildman–Crippen LogP) is 2.04. The van der Waals surface area contributed by atoms with Crippen molar-refractivity contribution >= 4 is 0 Å². The van der Waals surface area contributed by atoms with Crippen LogP contribution in [0.2, 0.25) is 0 Å². The van der Waals surface area contributed by atoms with E-state index in [0.717, 1.165) is 42.2 Å². The number of H-pyrrole nitrogens is 1. The zero-order valence-electron chi connectivity index (χ0n) is 13.2. The van der Waals surface area contributed by atoms with Crippen LogP contribution in [-0.4, -0.2) is 45.3 Å². The summed E-state index contributed by atoms with van der Waals surface area (Å²) >= 11 is 0. The van der Waals surface area contributed by atoms with Gasteiger partial charge in [0.1, 0.15) is 18.0 Å². The van der Waals surface area contributed by atoms with E-state index < -0.39 is 5.60 Å². The molecule has 2 heterocycles. The zero-order valence-corrected chi connectivity index (χ0v) is 13.2. The Morgan fingerprint density at radius 2 is 2.18 bits per heavy atom. The summed E-state index contributed by atoms with van der Waals surface area (Å²) < 4.78 is 5.83. The van der Waals surface area contributed by atoms with Crippen molar-refractivity contribution in [2.24, 2.45) is 0 Å². The average Bonchev–Trinajstić information content (AvgIpc) is 3.06. The molecule has 1 atom stereocenters. The van der Waals surface area contributed by atoms with Crippen LogP contribution in [0.5, 0.6) is 5.75 Å². The number of hydrogen-bond donors (Lipinski definition) is 2. The average molecular weight is 301 g/mol. The summed E-state index contributed by atoms with van der Waals surface area (Å²) in [5.74, 6) is 0.845. The highest BCUT2D eigenvalue weighted by Gasteiger charge is 2.37. The maximum Gasteiger partial charge on any atom is 0.122 e. The number of nitrogens with zero attached hydrogens (tertiary/aromatic N) is 2. The largest absolute Gasteiger partial charge is 0.490 e. The van der Waals surface area contributed by atoms with Crippen molar-refractivity contribution in [3.8, 4) is 5.75 Å². The molecule has 0 radical (unpaired) electrons. The summed E-state index contributed by atoms with van der Waals surface area (Å²) in [6, 6.07) is 7.90.